The Bertz CT molecular complexity index is 868. The van der Waals surface area contributed by atoms with Crippen LogP contribution in [0.15, 0.2) is 16.6 Å². The minimum Gasteiger partial charge on any atom is -0.493 e. The van der Waals surface area contributed by atoms with Crippen molar-refractivity contribution in [2.45, 2.75) is 60.3 Å². The lowest BCUT2D eigenvalue weighted by atomic mass is 9.98. The zero-order valence-electron chi connectivity index (χ0n) is 17.3. The summed E-state index contributed by atoms with van der Waals surface area (Å²) in [5.41, 5.74) is 4.94. The number of amides is 1. The maximum Gasteiger partial charge on any atom is 0.246 e. The van der Waals surface area contributed by atoms with Crippen LogP contribution in [-0.4, -0.2) is 30.5 Å². The summed E-state index contributed by atoms with van der Waals surface area (Å²) in [6.45, 7) is 12.4. The lowest BCUT2D eigenvalue weighted by Crippen LogP contribution is -2.30. The lowest BCUT2D eigenvalue weighted by Gasteiger charge is -2.19. The molecule has 2 heterocycles. The largest absolute Gasteiger partial charge is 0.493 e. The Kier molecular flexibility index (Phi) is 5.93. The molecule has 1 fully saturated rings. The number of likely N-dealkylation sites (tertiary alicyclic amines) is 1. The number of furan rings is 1. The predicted molar refractivity (Wildman–Crippen MR) is 110 cm³/mol. The van der Waals surface area contributed by atoms with Gasteiger partial charge in [0.05, 0.1) is 6.61 Å². The maximum absolute atomic E-state index is 12.8. The van der Waals surface area contributed by atoms with Crippen molar-refractivity contribution in [1.82, 2.24) is 4.90 Å². The molecule has 1 saturated heterocycles. The monoisotopic (exact) mass is 369 g/mol. The molecular formula is C23H31NO3. The summed E-state index contributed by atoms with van der Waals surface area (Å²) < 4.78 is 11.9. The van der Waals surface area contributed by atoms with E-state index >= 15 is 0 Å². The number of carbonyl (C=O) groups excluding carboxylic acids is 1. The van der Waals surface area contributed by atoms with Crippen LogP contribution in [0.2, 0.25) is 0 Å². The fourth-order valence-electron chi connectivity index (χ4n) is 3.88. The van der Waals surface area contributed by atoms with Crippen molar-refractivity contribution in [2.24, 2.45) is 0 Å². The predicted octanol–water partition coefficient (Wildman–Crippen LogP) is 5.56. The molecule has 146 valence electrons. The van der Waals surface area contributed by atoms with Gasteiger partial charge >= 0.3 is 0 Å². The number of allylic oxidation sites excluding steroid dienone is 1. The van der Waals surface area contributed by atoms with Crippen LogP contribution in [0.5, 0.6) is 5.75 Å². The van der Waals surface area contributed by atoms with E-state index in [2.05, 4.69) is 13.0 Å². The van der Waals surface area contributed by atoms with Crippen molar-refractivity contribution in [1.29, 1.82) is 0 Å². The second-order valence-corrected chi connectivity index (χ2v) is 7.54. The molecule has 1 aliphatic heterocycles. The van der Waals surface area contributed by atoms with E-state index in [1.54, 1.807) is 6.08 Å². The number of aryl methyl sites for hydroxylation is 3. The first-order valence-electron chi connectivity index (χ1n) is 10.1. The summed E-state index contributed by atoms with van der Waals surface area (Å²) in [4.78, 5) is 14.8. The van der Waals surface area contributed by atoms with E-state index in [4.69, 9.17) is 9.15 Å². The van der Waals surface area contributed by atoms with Gasteiger partial charge in [-0.3, -0.25) is 4.79 Å². The van der Waals surface area contributed by atoms with Gasteiger partial charge in [-0.15, -0.1) is 0 Å². The van der Waals surface area contributed by atoms with E-state index in [0.717, 1.165) is 70.7 Å². The molecule has 0 bridgehead atoms. The molecule has 0 spiro atoms. The molecule has 27 heavy (non-hydrogen) atoms. The van der Waals surface area contributed by atoms with Gasteiger partial charge in [0.1, 0.15) is 17.1 Å². The summed E-state index contributed by atoms with van der Waals surface area (Å²) in [5, 5.41) is 1.10. The minimum atomic E-state index is 0.106. The smallest absolute Gasteiger partial charge is 0.246 e. The topological polar surface area (TPSA) is 42.7 Å². The molecule has 1 aromatic heterocycles. The van der Waals surface area contributed by atoms with Gasteiger partial charge in [-0.05, 0) is 64.7 Å². The Balaban J connectivity index is 2.03. The highest BCUT2D eigenvalue weighted by molar-refractivity contribution is 5.98. The van der Waals surface area contributed by atoms with Crippen molar-refractivity contribution in [3.8, 4) is 5.75 Å². The van der Waals surface area contributed by atoms with Crippen LogP contribution in [0.3, 0.4) is 0 Å². The van der Waals surface area contributed by atoms with Crippen LogP contribution in [0.1, 0.15) is 62.0 Å². The molecule has 4 heteroatoms. The molecule has 1 aromatic carbocycles. The Morgan fingerprint density at radius 1 is 1.15 bits per heavy atom. The second kappa shape index (κ2) is 8.20. The summed E-state index contributed by atoms with van der Waals surface area (Å²) in [6.07, 6.45) is 6.41. The minimum absolute atomic E-state index is 0.106. The van der Waals surface area contributed by atoms with Crippen LogP contribution in [0.4, 0.5) is 0 Å². The lowest BCUT2D eigenvalue weighted by molar-refractivity contribution is -0.125. The van der Waals surface area contributed by atoms with Gasteiger partial charge in [0.25, 0.3) is 0 Å². The van der Waals surface area contributed by atoms with Gasteiger partial charge < -0.3 is 14.1 Å². The highest BCUT2D eigenvalue weighted by Crippen LogP contribution is 2.39. The van der Waals surface area contributed by atoms with Crippen molar-refractivity contribution in [3.05, 3.63) is 34.6 Å². The van der Waals surface area contributed by atoms with Gasteiger partial charge in [-0.1, -0.05) is 12.8 Å². The van der Waals surface area contributed by atoms with Gasteiger partial charge in [0, 0.05) is 35.7 Å². The zero-order chi connectivity index (χ0) is 19.6. The number of benzene rings is 1. The number of carbonyl (C=O) groups is 1. The molecule has 4 nitrogen and oxygen atoms in total. The maximum atomic E-state index is 12.8. The van der Waals surface area contributed by atoms with Gasteiger partial charge in [-0.25, -0.2) is 0 Å². The highest BCUT2D eigenvalue weighted by Gasteiger charge is 2.20. The SMILES string of the molecule is CCOc1c(/C(C)=C/C(=O)N2CCCCCC2)cc2c(C)c(C)oc2c1C. The Morgan fingerprint density at radius 2 is 1.81 bits per heavy atom. The summed E-state index contributed by atoms with van der Waals surface area (Å²) >= 11 is 0. The number of nitrogens with zero attached hydrogens (tertiary/aromatic N) is 1. The fraction of sp³-hybridized carbons (Fsp3) is 0.522. The number of hydrogen-bond donors (Lipinski definition) is 0. The molecule has 2 aromatic rings. The highest BCUT2D eigenvalue weighted by atomic mass is 16.5. The van der Waals surface area contributed by atoms with Crippen LogP contribution in [-0.2, 0) is 4.79 Å². The molecular weight excluding hydrogens is 338 g/mol. The van der Waals surface area contributed by atoms with Gasteiger partial charge in [0.15, 0.2) is 0 Å². The molecule has 0 saturated carbocycles. The van der Waals surface area contributed by atoms with E-state index in [1.807, 2.05) is 32.6 Å². The van der Waals surface area contributed by atoms with E-state index in [1.165, 1.54) is 12.8 Å². The van der Waals surface area contributed by atoms with E-state index in [0.29, 0.717) is 6.61 Å². The van der Waals surface area contributed by atoms with Crippen LogP contribution < -0.4 is 4.74 Å². The van der Waals surface area contributed by atoms with Crippen LogP contribution in [0, 0.1) is 20.8 Å². The van der Waals surface area contributed by atoms with Crippen molar-refractivity contribution in [3.63, 3.8) is 0 Å². The Morgan fingerprint density at radius 3 is 2.44 bits per heavy atom. The Hall–Kier alpha value is -2.23. The normalized spacial score (nSPS) is 15.9. The van der Waals surface area contributed by atoms with Crippen LogP contribution in [0.25, 0.3) is 16.5 Å². The average molecular weight is 370 g/mol. The van der Waals surface area contributed by atoms with Crippen molar-refractivity contribution >= 4 is 22.4 Å². The first-order valence-corrected chi connectivity index (χ1v) is 10.1. The Labute approximate surface area is 162 Å². The zero-order valence-corrected chi connectivity index (χ0v) is 17.3. The number of fused-ring (bicyclic) bond motifs is 1. The number of rotatable bonds is 4. The van der Waals surface area contributed by atoms with E-state index in [9.17, 15) is 4.79 Å². The molecule has 1 aliphatic rings. The molecule has 0 radical (unpaired) electrons. The first-order chi connectivity index (χ1) is 12.9. The number of hydrogen-bond acceptors (Lipinski definition) is 3. The van der Waals surface area contributed by atoms with E-state index in [-0.39, 0.29) is 5.91 Å². The standard InChI is InChI=1S/C23H31NO3/c1-6-26-22-17(4)23-20(16(3)18(5)27-23)14-19(22)15(2)13-21(25)24-11-9-7-8-10-12-24/h13-14H,6-12H2,1-5H3/b15-13+. The molecule has 0 aliphatic carbocycles. The summed E-state index contributed by atoms with van der Waals surface area (Å²) in [6, 6.07) is 2.11. The summed E-state index contributed by atoms with van der Waals surface area (Å²) in [7, 11) is 0. The van der Waals surface area contributed by atoms with Gasteiger partial charge in [0.2, 0.25) is 5.91 Å². The van der Waals surface area contributed by atoms with E-state index < -0.39 is 0 Å². The van der Waals surface area contributed by atoms with Crippen molar-refractivity contribution in [2.75, 3.05) is 19.7 Å². The molecule has 3 rings (SSSR count). The number of ether oxygens (including phenoxy) is 1. The van der Waals surface area contributed by atoms with Crippen LogP contribution >= 0.6 is 0 Å². The molecule has 0 atom stereocenters. The third kappa shape index (κ3) is 3.90. The third-order valence-electron chi connectivity index (χ3n) is 5.62. The fourth-order valence-corrected chi connectivity index (χ4v) is 3.88. The molecule has 0 N–H and O–H groups in total. The third-order valence-corrected chi connectivity index (χ3v) is 5.62. The molecule has 1 amide bonds. The second-order valence-electron chi connectivity index (χ2n) is 7.54. The van der Waals surface area contributed by atoms with Crippen molar-refractivity contribution < 1.29 is 13.9 Å². The quantitative estimate of drug-likeness (QED) is 0.662. The average Bonchev–Trinajstić information content (AvgIpc) is 2.84. The summed E-state index contributed by atoms with van der Waals surface area (Å²) in [5.74, 6) is 1.85. The first kappa shape index (κ1) is 19.5. The molecule has 0 unspecified atom stereocenters. The van der Waals surface area contributed by atoms with Gasteiger partial charge in [-0.2, -0.15) is 0 Å².